The summed E-state index contributed by atoms with van der Waals surface area (Å²) in [6, 6.07) is 5.85. The fraction of sp³-hybridized carbons (Fsp3) is 0.462. The SMILES string of the molecule is Nc1cccc2c1NC(=O)C21CCCCC1. The third kappa shape index (κ3) is 1.11. The molecule has 84 valence electrons. The van der Waals surface area contributed by atoms with Gasteiger partial charge in [-0.2, -0.15) is 0 Å². The van der Waals surface area contributed by atoms with Gasteiger partial charge in [-0.25, -0.2) is 0 Å². The highest BCUT2D eigenvalue weighted by molar-refractivity contribution is 6.08. The highest BCUT2D eigenvalue weighted by atomic mass is 16.2. The summed E-state index contributed by atoms with van der Waals surface area (Å²) in [6.45, 7) is 0. The van der Waals surface area contributed by atoms with Gasteiger partial charge in [-0.1, -0.05) is 31.4 Å². The lowest BCUT2D eigenvalue weighted by Gasteiger charge is -2.31. The molecule has 1 fully saturated rings. The molecule has 3 rings (SSSR count). The number of para-hydroxylation sites is 1. The Hall–Kier alpha value is -1.51. The first kappa shape index (κ1) is 9.70. The van der Waals surface area contributed by atoms with E-state index in [1.54, 1.807) is 0 Å². The smallest absolute Gasteiger partial charge is 0.235 e. The zero-order chi connectivity index (χ0) is 11.2. The topological polar surface area (TPSA) is 55.1 Å². The maximum Gasteiger partial charge on any atom is 0.235 e. The first-order valence-corrected chi connectivity index (χ1v) is 5.94. The van der Waals surface area contributed by atoms with E-state index >= 15 is 0 Å². The summed E-state index contributed by atoms with van der Waals surface area (Å²) in [6.07, 6.45) is 5.46. The Labute approximate surface area is 95.0 Å². The summed E-state index contributed by atoms with van der Waals surface area (Å²) in [5.74, 6) is 0.153. The monoisotopic (exact) mass is 216 g/mol. The van der Waals surface area contributed by atoms with Crippen molar-refractivity contribution in [1.29, 1.82) is 0 Å². The summed E-state index contributed by atoms with van der Waals surface area (Å²) in [5.41, 5.74) is 8.30. The van der Waals surface area contributed by atoms with Crippen molar-refractivity contribution in [3.63, 3.8) is 0 Å². The molecule has 1 saturated carbocycles. The molecule has 0 radical (unpaired) electrons. The lowest BCUT2D eigenvalue weighted by Crippen LogP contribution is -2.36. The van der Waals surface area contributed by atoms with Crippen LogP contribution < -0.4 is 11.1 Å². The van der Waals surface area contributed by atoms with Gasteiger partial charge in [0.15, 0.2) is 0 Å². The number of nitrogens with one attached hydrogen (secondary N) is 1. The molecule has 0 unspecified atom stereocenters. The molecule has 0 atom stereocenters. The van der Waals surface area contributed by atoms with Crippen LogP contribution in [0.2, 0.25) is 0 Å². The normalized spacial score (nSPS) is 21.9. The summed E-state index contributed by atoms with van der Waals surface area (Å²) >= 11 is 0. The Morgan fingerprint density at radius 2 is 1.94 bits per heavy atom. The van der Waals surface area contributed by atoms with Crippen LogP contribution in [0.1, 0.15) is 37.7 Å². The lowest BCUT2D eigenvalue weighted by molar-refractivity contribution is -0.121. The second kappa shape index (κ2) is 3.24. The Bertz CT molecular complexity index is 447. The Balaban J connectivity index is 2.15. The number of nitrogen functional groups attached to an aromatic ring is 1. The molecule has 2 aliphatic rings. The minimum atomic E-state index is -0.275. The van der Waals surface area contributed by atoms with Crippen LogP contribution in [0.5, 0.6) is 0 Å². The molecule has 1 aromatic carbocycles. The number of carbonyl (C=O) groups is 1. The van der Waals surface area contributed by atoms with Gasteiger partial charge in [-0.05, 0) is 24.5 Å². The molecule has 1 heterocycles. The number of amides is 1. The van der Waals surface area contributed by atoms with E-state index in [0.717, 1.165) is 36.9 Å². The van der Waals surface area contributed by atoms with E-state index in [0.29, 0.717) is 5.69 Å². The van der Waals surface area contributed by atoms with Crippen molar-refractivity contribution in [3.05, 3.63) is 23.8 Å². The van der Waals surface area contributed by atoms with Gasteiger partial charge in [0.25, 0.3) is 0 Å². The van der Waals surface area contributed by atoms with E-state index < -0.39 is 0 Å². The highest BCUT2D eigenvalue weighted by Gasteiger charge is 2.47. The second-order valence-electron chi connectivity index (χ2n) is 4.87. The molecule has 3 N–H and O–H groups in total. The van der Waals surface area contributed by atoms with Crippen LogP contribution in [0, 0.1) is 0 Å². The molecule has 1 aliphatic heterocycles. The van der Waals surface area contributed by atoms with Gasteiger partial charge < -0.3 is 11.1 Å². The minimum absolute atomic E-state index is 0.153. The summed E-state index contributed by atoms with van der Waals surface area (Å²) < 4.78 is 0. The van der Waals surface area contributed by atoms with Crippen molar-refractivity contribution in [2.75, 3.05) is 11.1 Å². The Morgan fingerprint density at radius 1 is 1.19 bits per heavy atom. The first-order chi connectivity index (χ1) is 7.74. The van der Waals surface area contributed by atoms with Crippen molar-refractivity contribution in [3.8, 4) is 0 Å². The quantitative estimate of drug-likeness (QED) is 0.654. The summed E-state index contributed by atoms with van der Waals surface area (Å²) in [5, 5.41) is 2.96. The highest BCUT2D eigenvalue weighted by Crippen LogP contribution is 2.48. The third-order valence-corrected chi connectivity index (χ3v) is 3.99. The largest absolute Gasteiger partial charge is 0.397 e. The van der Waals surface area contributed by atoms with Gasteiger partial charge in [-0.3, -0.25) is 4.79 Å². The van der Waals surface area contributed by atoms with Crippen LogP contribution in [-0.4, -0.2) is 5.91 Å². The third-order valence-electron chi connectivity index (χ3n) is 3.99. The van der Waals surface area contributed by atoms with Crippen LogP contribution in [0.3, 0.4) is 0 Å². The predicted molar refractivity (Wildman–Crippen MR) is 64.2 cm³/mol. The molecule has 3 nitrogen and oxygen atoms in total. The molecular weight excluding hydrogens is 200 g/mol. The number of benzene rings is 1. The molecule has 0 saturated heterocycles. The van der Waals surface area contributed by atoms with Crippen molar-refractivity contribution in [2.45, 2.75) is 37.5 Å². The minimum Gasteiger partial charge on any atom is -0.397 e. The molecule has 0 bridgehead atoms. The molecule has 1 aliphatic carbocycles. The van der Waals surface area contributed by atoms with Crippen LogP contribution in [0.4, 0.5) is 11.4 Å². The number of carbonyl (C=O) groups excluding carboxylic acids is 1. The average Bonchev–Trinajstić information content (AvgIpc) is 2.57. The molecular formula is C13H16N2O. The number of anilines is 2. The average molecular weight is 216 g/mol. The van der Waals surface area contributed by atoms with Crippen LogP contribution in [0.15, 0.2) is 18.2 Å². The Kier molecular flexibility index (Phi) is 1.96. The zero-order valence-electron chi connectivity index (χ0n) is 9.25. The molecule has 0 aromatic heterocycles. The fourth-order valence-corrected chi connectivity index (χ4v) is 3.12. The molecule has 1 spiro atoms. The van der Waals surface area contributed by atoms with Crippen LogP contribution >= 0.6 is 0 Å². The van der Waals surface area contributed by atoms with Crippen molar-refractivity contribution in [2.24, 2.45) is 0 Å². The van der Waals surface area contributed by atoms with Gasteiger partial charge in [0, 0.05) is 0 Å². The van der Waals surface area contributed by atoms with E-state index in [2.05, 4.69) is 11.4 Å². The number of nitrogens with two attached hydrogens (primary N) is 1. The van der Waals surface area contributed by atoms with Gasteiger partial charge >= 0.3 is 0 Å². The maximum atomic E-state index is 12.2. The molecule has 1 aromatic rings. The molecule has 1 amide bonds. The van der Waals surface area contributed by atoms with E-state index in [-0.39, 0.29) is 11.3 Å². The van der Waals surface area contributed by atoms with Crippen LogP contribution in [0.25, 0.3) is 0 Å². The van der Waals surface area contributed by atoms with Crippen LogP contribution in [-0.2, 0) is 10.2 Å². The number of rotatable bonds is 0. The number of hydrogen-bond donors (Lipinski definition) is 2. The van der Waals surface area contributed by atoms with Gasteiger partial charge in [0.05, 0.1) is 16.8 Å². The fourth-order valence-electron chi connectivity index (χ4n) is 3.12. The second-order valence-corrected chi connectivity index (χ2v) is 4.87. The van der Waals surface area contributed by atoms with E-state index in [1.807, 2.05) is 12.1 Å². The standard InChI is InChI=1S/C13H16N2O/c14-10-6-4-5-9-11(10)15-12(16)13(9)7-2-1-3-8-13/h4-6H,1-3,7-8,14H2,(H,15,16). The van der Waals surface area contributed by atoms with Crippen molar-refractivity contribution < 1.29 is 4.79 Å². The molecule has 16 heavy (non-hydrogen) atoms. The summed E-state index contributed by atoms with van der Waals surface area (Å²) in [4.78, 5) is 12.2. The number of fused-ring (bicyclic) bond motifs is 2. The van der Waals surface area contributed by atoms with Gasteiger partial charge in [-0.15, -0.1) is 0 Å². The predicted octanol–water partition coefficient (Wildman–Crippen LogP) is 2.42. The van der Waals surface area contributed by atoms with E-state index in [1.165, 1.54) is 6.42 Å². The lowest BCUT2D eigenvalue weighted by atomic mass is 9.70. The van der Waals surface area contributed by atoms with Gasteiger partial charge in [0.1, 0.15) is 0 Å². The van der Waals surface area contributed by atoms with Crippen molar-refractivity contribution >= 4 is 17.3 Å². The van der Waals surface area contributed by atoms with E-state index in [4.69, 9.17) is 5.73 Å². The number of hydrogen-bond acceptors (Lipinski definition) is 2. The van der Waals surface area contributed by atoms with Gasteiger partial charge in [0.2, 0.25) is 5.91 Å². The summed E-state index contributed by atoms with van der Waals surface area (Å²) in [7, 11) is 0. The van der Waals surface area contributed by atoms with Crippen molar-refractivity contribution in [1.82, 2.24) is 0 Å². The van der Waals surface area contributed by atoms with E-state index in [9.17, 15) is 4.79 Å². The maximum absolute atomic E-state index is 12.2. The molecule has 3 heteroatoms. The first-order valence-electron chi connectivity index (χ1n) is 5.94. The zero-order valence-corrected chi connectivity index (χ0v) is 9.25. The Morgan fingerprint density at radius 3 is 2.69 bits per heavy atom.